The van der Waals surface area contributed by atoms with Gasteiger partial charge < -0.3 is 48.9 Å². The summed E-state index contributed by atoms with van der Waals surface area (Å²) >= 11 is 0. The van der Waals surface area contributed by atoms with E-state index in [-0.39, 0.29) is 28.7 Å². The van der Waals surface area contributed by atoms with Gasteiger partial charge >= 0.3 is 30.0 Å². The van der Waals surface area contributed by atoms with Crippen molar-refractivity contribution in [2.24, 2.45) is 22.7 Å². The van der Waals surface area contributed by atoms with Gasteiger partial charge in [-0.25, -0.2) is 14.4 Å². The van der Waals surface area contributed by atoms with Gasteiger partial charge in [-0.05, 0) is 77.2 Å². The van der Waals surface area contributed by atoms with Crippen LogP contribution in [0.4, 0.5) is 4.79 Å². The van der Waals surface area contributed by atoms with Crippen molar-refractivity contribution in [3.05, 3.63) is 82.9 Å². The van der Waals surface area contributed by atoms with E-state index in [2.05, 4.69) is 10.6 Å². The van der Waals surface area contributed by atoms with Crippen molar-refractivity contribution in [1.82, 2.24) is 10.6 Å². The highest BCUT2D eigenvalue weighted by Crippen LogP contribution is 2.65. The molecule has 65 heavy (non-hydrogen) atoms. The molecule has 3 N–H and O–H groups in total. The minimum absolute atomic E-state index is 0.0376. The number of aliphatic hydroxyl groups is 1. The van der Waals surface area contributed by atoms with Crippen molar-refractivity contribution in [2.45, 2.75) is 141 Å². The first-order valence-corrected chi connectivity index (χ1v) is 21.1. The molecule has 3 aliphatic carbocycles. The fourth-order valence-corrected chi connectivity index (χ4v) is 10.5. The SMILES string of the molecule is [2H]C([2H])([2H])O[C@H]1C[C@H]2OC[C@@]2(OC(C)=O)[C@H]2[C@H](OC(=O)c3ccccc3)[C@]3(O)C[C@H](OC(=O)[C@H](OC(=O)C(C)NC)[C@@H](NC(=O)OC(C([2H])([2H])[2H])(C([2H])([2H])[2H])C([2H])([2H])[2H])c4ccccc4)C(C)=C([C@@H](C)C(=O)[C@]12C)C3(C)C. The zero-order valence-electron chi connectivity index (χ0n) is 49.3. The normalized spacial score (nSPS) is 35.2. The average molecular weight is 917 g/mol. The Labute approximate surface area is 397 Å². The Morgan fingerprint density at radius 1 is 0.969 bits per heavy atom. The summed E-state index contributed by atoms with van der Waals surface area (Å²) in [6, 6.07) is 11.3. The average Bonchev–Trinajstić information content (AvgIpc) is 3.31. The van der Waals surface area contributed by atoms with Gasteiger partial charge in [0, 0.05) is 50.5 Å². The molecule has 1 unspecified atom stereocenters. The van der Waals surface area contributed by atoms with Crippen LogP contribution in [0, 0.1) is 22.7 Å². The predicted octanol–water partition coefficient (Wildman–Crippen LogP) is 5.35. The second kappa shape index (κ2) is 18.3. The van der Waals surface area contributed by atoms with E-state index in [0.717, 1.165) is 6.92 Å². The first-order chi connectivity index (χ1) is 35.3. The number of rotatable bonds is 12. The molecule has 2 aromatic carbocycles. The third-order valence-corrected chi connectivity index (χ3v) is 13.8. The summed E-state index contributed by atoms with van der Waals surface area (Å²) < 4.78 is 138. The highest BCUT2D eigenvalue weighted by atomic mass is 16.6. The number of amides is 1. The Morgan fingerprint density at radius 2 is 1.62 bits per heavy atom. The highest BCUT2D eigenvalue weighted by Gasteiger charge is 2.78. The zero-order chi connectivity index (χ0) is 58.0. The maximum absolute atomic E-state index is 15.8. The number of methoxy groups -OCH3 is 1. The quantitative estimate of drug-likeness (QED) is 0.139. The van der Waals surface area contributed by atoms with Crippen LogP contribution in [0.1, 0.15) is 120 Å². The van der Waals surface area contributed by atoms with Crippen LogP contribution in [0.25, 0.3) is 0 Å². The number of ketones is 1. The number of alkyl carbamates (subject to hydrolysis) is 1. The molecule has 2 aromatic rings. The molecule has 4 aliphatic rings. The van der Waals surface area contributed by atoms with Crippen LogP contribution in [0.3, 0.4) is 0 Å². The first-order valence-electron chi connectivity index (χ1n) is 27.1. The lowest BCUT2D eigenvalue weighted by molar-refractivity contribution is -0.346. The Kier molecular flexibility index (Phi) is 9.85. The lowest BCUT2D eigenvalue weighted by Crippen LogP contribution is -2.81. The fourth-order valence-electron chi connectivity index (χ4n) is 10.5. The number of carbonyl (C=O) groups is 6. The topological polar surface area (TPSA) is 211 Å². The van der Waals surface area contributed by atoms with E-state index in [4.69, 9.17) is 49.6 Å². The van der Waals surface area contributed by atoms with E-state index in [1.54, 1.807) is 19.9 Å². The Hall–Kier alpha value is -5.16. The number of nitrogens with one attached hydrogen (secondary N) is 2. The van der Waals surface area contributed by atoms with Gasteiger partial charge in [-0.3, -0.25) is 14.4 Å². The van der Waals surface area contributed by atoms with Crippen LogP contribution in [-0.4, -0.2) is 115 Å². The first kappa shape index (κ1) is 35.1. The molecule has 12 atom stereocenters. The minimum Gasteiger partial charge on any atom is -0.455 e. The van der Waals surface area contributed by atoms with Crippen LogP contribution in [0.2, 0.25) is 0 Å². The molecule has 6 rings (SSSR count). The number of benzene rings is 2. The van der Waals surface area contributed by atoms with Gasteiger partial charge in [-0.1, -0.05) is 69.3 Å². The molecule has 1 amide bonds. The van der Waals surface area contributed by atoms with Crippen LogP contribution in [-0.2, 0) is 52.3 Å². The van der Waals surface area contributed by atoms with E-state index in [1.165, 1.54) is 89.3 Å². The Morgan fingerprint density at radius 3 is 2.18 bits per heavy atom. The zero-order valence-corrected chi connectivity index (χ0v) is 37.3. The molecule has 2 bridgehead atoms. The molecule has 16 heteroatoms. The molecule has 2 saturated carbocycles. The summed E-state index contributed by atoms with van der Waals surface area (Å²) in [5.74, 6) is -8.30. The molecule has 0 radical (unpaired) electrons. The summed E-state index contributed by atoms with van der Waals surface area (Å²) in [6.45, 7) is -2.63. The number of esters is 4. The molecular formula is C49H64N2O14. The van der Waals surface area contributed by atoms with Crippen molar-refractivity contribution in [3.63, 3.8) is 0 Å². The summed E-state index contributed by atoms with van der Waals surface area (Å²) in [7, 11) is -1.77. The number of ether oxygens (including phenoxy) is 7. The van der Waals surface area contributed by atoms with Crippen LogP contribution >= 0.6 is 0 Å². The number of hydrogen-bond acceptors (Lipinski definition) is 15. The van der Waals surface area contributed by atoms with Gasteiger partial charge in [-0.2, -0.15) is 0 Å². The van der Waals surface area contributed by atoms with Crippen LogP contribution < -0.4 is 10.6 Å². The molecule has 0 aromatic heterocycles. The maximum Gasteiger partial charge on any atom is 0.408 e. The molecule has 354 valence electrons. The molecule has 3 fully saturated rings. The fraction of sp³-hybridized carbons (Fsp3) is 0.592. The monoisotopic (exact) mass is 917 g/mol. The van der Waals surface area contributed by atoms with Gasteiger partial charge in [0.05, 0.1) is 33.7 Å². The van der Waals surface area contributed by atoms with Gasteiger partial charge in [0.1, 0.15) is 47.4 Å². The number of fused-ring (bicyclic) bond motifs is 5. The van der Waals surface area contributed by atoms with Gasteiger partial charge in [0.15, 0.2) is 5.60 Å². The standard InChI is InChI=1S/C49H64N2O14/c1-26-32(61-43(56)37(62-41(54)28(3)50-11)36(30-19-15-13-16-20-30)51-44(57)65-45(5,6)7)24-49(58)40(63-42(55)31-21-17-14-18-22-31)38-47(10,39(53)27(2)35(26)46(49,8)9)33(59-12)23-34-48(38,25-60-34)64-29(4)52/h13-22,27-28,32-34,36-38,40,50,58H,23-25H2,1-12H3,(H,51,57)/t27-,28?,32+,33+,34-,36+,37-,38+,40+,47-,48+,49-/m1/s1/i5D3,6D3,7D3,12D3. The molecule has 1 heterocycles. The molecule has 1 saturated heterocycles. The lowest BCUT2D eigenvalue weighted by atomic mass is 9.43. The number of Topliss-reactive ketones (excluding diaryl/α,β-unsaturated/α-hetero) is 1. The third-order valence-electron chi connectivity index (χ3n) is 13.8. The third kappa shape index (κ3) is 8.82. The number of likely N-dealkylation sites (N-methyl/N-ethyl adjacent to an activating group) is 1. The maximum atomic E-state index is 15.8. The van der Waals surface area contributed by atoms with E-state index in [0.29, 0.717) is 0 Å². The van der Waals surface area contributed by atoms with Crippen LogP contribution in [0.5, 0.6) is 0 Å². The predicted molar refractivity (Wildman–Crippen MR) is 234 cm³/mol. The van der Waals surface area contributed by atoms with Crippen LogP contribution in [0.15, 0.2) is 71.8 Å². The van der Waals surface area contributed by atoms with Crippen molar-refractivity contribution < 1.29 is 83.5 Å². The van der Waals surface area contributed by atoms with Crippen molar-refractivity contribution >= 4 is 35.8 Å². The lowest BCUT2D eigenvalue weighted by Gasteiger charge is -2.68. The van der Waals surface area contributed by atoms with Crippen molar-refractivity contribution in [2.75, 3.05) is 20.7 Å². The van der Waals surface area contributed by atoms with E-state index >= 15 is 9.59 Å². The van der Waals surface area contributed by atoms with Gasteiger partial charge in [0.2, 0.25) is 6.10 Å². The highest BCUT2D eigenvalue weighted by molar-refractivity contribution is 5.92. The van der Waals surface area contributed by atoms with Gasteiger partial charge in [-0.15, -0.1) is 0 Å². The molecule has 1 aliphatic heterocycles. The van der Waals surface area contributed by atoms with Crippen molar-refractivity contribution in [3.8, 4) is 0 Å². The summed E-state index contributed by atoms with van der Waals surface area (Å²) in [4.78, 5) is 86.7. The summed E-state index contributed by atoms with van der Waals surface area (Å²) in [5, 5.41) is 18.8. The number of carbonyl (C=O) groups excluding carboxylic acids is 6. The second-order valence-electron chi connectivity index (χ2n) is 18.0. The molecule has 0 spiro atoms. The van der Waals surface area contributed by atoms with Crippen molar-refractivity contribution in [1.29, 1.82) is 0 Å². The smallest absolute Gasteiger partial charge is 0.408 e. The summed E-state index contributed by atoms with van der Waals surface area (Å²) in [6.07, 6.45) is -11.8. The molecular weight excluding hydrogens is 841 g/mol. The van der Waals surface area contributed by atoms with E-state index in [9.17, 15) is 24.3 Å². The molecule has 16 nitrogen and oxygen atoms in total. The van der Waals surface area contributed by atoms with E-state index < -0.39 is 158 Å². The second-order valence-corrected chi connectivity index (χ2v) is 18.0. The minimum atomic E-state index is -4.16. The summed E-state index contributed by atoms with van der Waals surface area (Å²) in [5.41, 5.74) is -12.3. The Bertz CT molecular complexity index is 2590. The number of hydrogen-bond donors (Lipinski definition) is 3. The largest absolute Gasteiger partial charge is 0.455 e. The van der Waals surface area contributed by atoms with Gasteiger partial charge in [0.25, 0.3) is 0 Å². The van der Waals surface area contributed by atoms with E-state index in [1.807, 2.05) is 0 Å². The Balaban J connectivity index is 1.57.